The minimum absolute atomic E-state index is 0.0329. The molecule has 4 rings (SSSR count). The molecule has 0 aliphatic heterocycles. The lowest BCUT2D eigenvalue weighted by atomic mass is 10.3. The molecule has 8 nitrogen and oxygen atoms in total. The molecule has 0 saturated carbocycles. The SMILES string of the molecule is Cc1nn(-c2ccccc2)c(C)c1S(=O)(=O)Nc1cc(Cl)c(Cl)cc1NS(=O)(=O)c1cccs1. The van der Waals surface area contributed by atoms with Gasteiger partial charge in [0.2, 0.25) is 0 Å². The van der Waals surface area contributed by atoms with Crippen molar-refractivity contribution in [3.63, 3.8) is 0 Å². The van der Waals surface area contributed by atoms with E-state index in [2.05, 4.69) is 14.5 Å². The number of hydrogen-bond donors (Lipinski definition) is 2. The van der Waals surface area contributed by atoms with Crippen LogP contribution < -0.4 is 9.44 Å². The largest absolute Gasteiger partial charge is 0.277 e. The number of para-hydroxylation sites is 1. The maximum absolute atomic E-state index is 13.4. The number of halogens is 2. The molecule has 0 atom stereocenters. The van der Waals surface area contributed by atoms with Crippen molar-refractivity contribution in [1.29, 1.82) is 0 Å². The fourth-order valence-electron chi connectivity index (χ4n) is 3.36. The average molecular weight is 558 g/mol. The molecule has 2 aromatic heterocycles. The topological polar surface area (TPSA) is 110 Å². The fourth-order valence-corrected chi connectivity index (χ4v) is 7.22. The van der Waals surface area contributed by atoms with E-state index in [0.29, 0.717) is 11.4 Å². The standard InChI is InChI=1S/C21H18Cl2N4O4S3/c1-13-21(14(2)27(24-13)15-7-4-3-5-8-15)34(30,31)26-19-12-17(23)16(22)11-18(19)25-33(28,29)20-9-6-10-32-20/h3-12,25-26H,1-2H3. The molecule has 0 aliphatic carbocycles. The number of aromatic nitrogens is 2. The van der Waals surface area contributed by atoms with Crippen molar-refractivity contribution in [3.05, 3.63) is 81.4 Å². The normalized spacial score (nSPS) is 12.0. The van der Waals surface area contributed by atoms with Crippen molar-refractivity contribution in [2.45, 2.75) is 23.0 Å². The van der Waals surface area contributed by atoms with Crippen LogP contribution in [0, 0.1) is 13.8 Å². The van der Waals surface area contributed by atoms with Crippen LogP contribution in [0.15, 0.2) is 69.1 Å². The zero-order valence-electron chi connectivity index (χ0n) is 17.8. The summed E-state index contributed by atoms with van der Waals surface area (Å²) < 4.78 is 58.7. The van der Waals surface area contributed by atoms with Gasteiger partial charge in [0.05, 0.1) is 38.5 Å². The van der Waals surface area contributed by atoms with Crippen LogP contribution in [0.5, 0.6) is 0 Å². The predicted octanol–water partition coefficient (Wildman–Crippen LogP) is 5.46. The molecular weight excluding hydrogens is 539 g/mol. The fraction of sp³-hybridized carbons (Fsp3) is 0.0952. The van der Waals surface area contributed by atoms with Gasteiger partial charge in [-0.2, -0.15) is 5.10 Å². The van der Waals surface area contributed by atoms with E-state index >= 15 is 0 Å². The van der Waals surface area contributed by atoms with Crippen LogP contribution in [0.2, 0.25) is 10.0 Å². The number of sulfonamides is 2. The molecule has 2 N–H and O–H groups in total. The second-order valence-corrected chi connectivity index (χ2v) is 12.5. The molecule has 0 amide bonds. The summed E-state index contributed by atoms with van der Waals surface area (Å²) in [5.74, 6) is 0. The van der Waals surface area contributed by atoms with E-state index in [1.54, 1.807) is 37.4 Å². The molecule has 4 aromatic rings. The quantitative estimate of drug-likeness (QED) is 0.314. The monoisotopic (exact) mass is 556 g/mol. The third kappa shape index (κ3) is 4.80. The van der Waals surface area contributed by atoms with Gasteiger partial charge in [-0.25, -0.2) is 21.5 Å². The zero-order chi connectivity index (χ0) is 24.7. The van der Waals surface area contributed by atoms with Crippen molar-refractivity contribution >= 4 is 66.0 Å². The highest BCUT2D eigenvalue weighted by molar-refractivity contribution is 7.94. The molecule has 178 valence electrons. The Morgan fingerprint density at radius 2 is 1.44 bits per heavy atom. The third-order valence-electron chi connectivity index (χ3n) is 4.80. The number of rotatable bonds is 7. The van der Waals surface area contributed by atoms with E-state index in [9.17, 15) is 16.8 Å². The summed E-state index contributed by atoms with van der Waals surface area (Å²) in [5, 5.41) is 6.09. The van der Waals surface area contributed by atoms with Crippen LogP contribution in [0.25, 0.3) is 5.69 Å². The Balaban J connectivity index is 1.76. The van der Waals surface area contributed by atoms with Gasteiger partial charge in [0.15, 0.2) is 0 Å². The number of anilines is 2. The van der Waals surface area contributed by atoms with Gasteiger partial charge in [-0.05, 0) is 49.6 Å². The summed E-state index contributed by atoms with van der Waals surface area (Å²) in [6.45, 7) is 3.22. The Bertz CT molecular complexity index is 1570. The molecule has 2 aromatic carbocycles. The Morgan fingerprint density at radius 1 is 0.853 bits per heavy atom. The number of hydrogen-bond acceptors (Lipinski definition) is 6. The smallest absolute Gasteiger partial charge is 0.271 e. The van der Waals surface area contributed by atoms with Gasteiger partial charge in [-0.3, -0.25) is 9.44 Å². The molecule has 0 bridgehead atoms. The van der Waals surface area contributed by atoms with Crippen LogP contribution in [-0.2, 0) is 20.0 Å². The van der Waals surface area contributed by atoms with Crippen LogP contribution in [-0.4, -0.2) is 26.6 Å². The zero-order valence-corrected chi connectivity index (χ0v) is 21.7. The summed E-state index contributed by atoms with van der Waals surface area (Å²) >= 11 is 13.2. The van der Waals surface area contributed by atoms with E-state index < -0.39 is 20.0 Å². The molecule has 0 fully saturated rings. The highest BCUT2D eigenvalue weighted by Crippen LogP contribution is 2.36. The number of thiophene rings is 1. The Hall–Kier alpha value is -2.57. The van der Waals surface area contributed by atoms with Gasteiger partial charge in [-0.1, -0.05) is 47.5 Å². The molecule has 13 heteroatoms. The lowest BCUT2D eigenvalue weighted by Crippen LogP contribution is -2.18. The summed E-state index contributed by atoms with van der Waals surface area (Å²) in [6.07, 6.45) is 0. The van der Waals surface area contributed by atoms with Gasteiger partial charge in [0.1, 0.15) is 9.10 Å². The second kappa shape index (κ2) is 9.23. The third-order valence-corrected chi connectivity index (χ3v) is 9.91. The first kappa shape index (κ1) is 24.6. The Labute approximate surface area is 211 Å². The highest BCUT2D eigenvalue weighted by Gasteiger charge is 2.27. The van der Waals surface area contributed by atoms with Crippen molar-refractivity contribution in [2.24, 2.45) is 0 Å². The minimum atomic E-state index is -4.19. The van der Waals surface area contributed by atoms with Gasteiger partial charge in [0, 0.05) is 0 Å². The lowest BCUT2D eigenvalue weighted by Gasteiger charge is -2.15. The van der Waals surface area contributed by atoms with Crippen molar-refractivity contribution < 1.29 is 16.8 Å². The first-order valence-corrected chi connectivity index (χ1v) is 14.3. The van der Waals surface area contributed by atoms with E-state index in [0.717, 1.165) is 11.3 Å². The van der Waals surface area contributed by atoms with Gasteiger partial charge < -0.3 is 0 Å². The molecule has 0 aliphatic rings. The summed E-state index contributed by atoms with van der Waals surface area (Å²) in [7, 11) is -8.17. The van der Waals surface area contributed by atoms with Crippen LogP contribution in [0.4, 0.5) is 11.4 Å². The number of aryl methyl sites for hydroxylation is 1. The van der Waals surface area contributed by atoms with Crippen molar-refractivity contribution in [2.75, 3.05) is 9.44 Å². The number of nitrogens with one attached hydrogen (secondary N) is 2. The molecule has 0 unspecified atom stereocenters. The molecular formula is C21H18Cl2N4O4S3. The van der Waals surface area contributed by atoms with Gasteiger partial charge >= 0.3 is 0 Å². The summed E-state index contributed by atoms with van der Waals surface area (Å²) in [6, 6.07) is 14.6. The molecule has 0 saturated heterocycles. The summed E-state index contributed by atoms with van der Waals surface area (Å²) in [4.78, 5) is -0.0329. The van der Waals surface area contributed by atoms with Crippen molar-refractivity contribution in [1.82, 2.24) is 9.78 Å². The summed E-state index contributed by atoms with van der Waals surface area (Å²) in [5.41, 5.74) is 1.20. The van der Waals surface area contributed by atoms with E-state index in [-0.39, 0.29) is 36.2 Å². The van der Waals surface area contributed by atoms with Crippen LogP contribution in [0.1, 0.15) is 11.4 Å². The maximum atomic E-state index is 13.4. The molecule has 0 spiro atoms. The molecule has 0 radical (unpaired) electrons. The van der Waals surface area contributed by atoms with E-state index in [1.807, 2.05) is 18.2 Å². The number of benzene rings is 2. The second-order valence-electron chi connectivity index (χ2n) is 7.20. The molecule has 34 heavy (non-hydrogen) atoms. The lowest BCUT2D eigenvalue weighted by molar-refractivity contribution is 0.598. The minimum Gasteiger partial charge on any atom is -0.277 e. The van der Waals surface area contributed by atoms with E-state index in [4.69, 9.17) is 23.2 Å². The van der Waals surface area contributed by atoms with Crippen LogP contribution in [0.3, 0.4) is 0 Å². The Morgan fingerprint density at radius 3 is 2.00 bits per heavy atom. The highest BCUT2D eigenvalue weighted by atomic mass is 35.5. The first-order valence-electron chi connectivity index (χ1n) is 9.69. The molecule has 2 heterocycles. The van der Waals surface area contributed by atoms with E-state index in [1.165, 1.54) is 22.9 Å². The van der Waals surface area contributed by atoms with Gasteiger partial charge in [-0.15, -0.1) is 11.3 Å². The average Bonchev–Trinajstić information content (AvgIpc) is 3.41. The number of nitrogens with zero attached hydrogens (tertiary/aromatic N) is 2. The maximum Gasteiger partial charge on any atom is 0.271 e. The predicted molar refractivity (Wildman–Crippen MR) is 135 cm³/mol. The van der Waals surface area contributed by atoms with Crippen molar-refractivity contribution in [3.8, 4) is 5.69 Å². The van der Waals surface area contributed by atoms with Gasteiger partial charge in [0.25, 0.3) is 20.0 Å². The first-order chi connectivity index (χ1) is 16.0. The Kier molecular flexibility index (Phi) is 6.67. The van der Waals surface area contributed by atoms with Crippen LogP contribution >= 0.6 is 34.5 Å².